The second-order valence-electron chi connectivity index (χ2n) is 4.88. The summed E-state index contributed by atoms with van der Waals surface area (Å²) >= 11 is 0. The average Bonchev–Trinajstić information content (AvgIpc) is 2.61. The van der Waals surface area contributed by atoms with Gasteiger partial charge in [0.25, 0.3) is 0 Å². The second-order valence-corrected chi connectivity index (χ2v) is 4.88. The Kier molecular flexibility index (Phi) is 1.83. The van der Waals surface area contributed by atoms with E-state index in [0.29, 0.717) is 12.2 Å². The molecule has 0 spiro atoms. The van der Waals surface area contributed by atoms with E-state index in [1.165, 1.54) is 0 Å². The van der Waals surface area contributed by atoms with Crippen LogP contribution in [0.4, 0.5) is 0 Å². The van der Waals surface area contributed by atoms with Crippen molar-refractivity contribution in [2.45, 2.75) is 45.4 Å². The summed E-state index contributed by atoms with van der Waals surface area (Å²) in [5.41, 5.74) is 0.191. The van der Waals surface area contributed by atoms with Crippen LogP contribution in [0.2, 0.25) is 0 Å². The molecule has 0 aromatic heterocycles. The number of hydrogen-bond acceptors (Lipinski definition) is 2. The third-order valence-electron chi connectivity index (χ3n) is 4.24. The van der Waals surface area contributed by atoms with Gasteiger partial charge in [-0.1, -0.05) is 0 Å². The fraction of sp³-hybridized carbons (Fsp3) is 0.818. The molecule has 0 saturated heterocycles. The van der Waals surface area contributed by atoms with Crippen LogP contribution < -0.4 is 0 Å². The summed E-state index contributed by atoms with van der Waals surface area (Å²) in [6, 6.07) is 0. The maximum absolute atomic E-state index is 11.5. The summed E-state index contributed by atoms with van der Waals surface area (Å²) in [4.78, 5) is 22.0. The average molecular weight is 180 g/mol. The zero-order valence-corrected chi connectivity index (χ0v) is 8.14. The Morgan fingerprint density at radius 3 is 2.31 bits per heavy atom. The van der Waals surface area contributed by atoms with Crippen molar-refractivity contribution in [3.63, 3.8) is 0 Å². The maximum Gasteiger partial charge on any atom is 0.135 e. The molecule has 0 radical (unpaired) electrons. The van der Waals surface area contributed by atoms with Crippen molar-refractivity contribution in [1.82, 2.24) is 0 Å². The summed E-state index contributed by atoms with van der Waals surface area (Å²) in [5.74, 6) is 0.345. The predicted octanol–water partition coefficient (Wildman–Crippen LogP) is 2.11. The minimum absolute atomic E-state index is 0.0248. The molecule has 2 bridgehead atoms. The van der Waals surface area contributed by atoms with Crippen molar-refractivity contribution in [1.29, 1.82) is 0 Å². The molecule has 2 aliphatic carbocycles. The van der Waals surface area contributed by atoms with Gasteiger partial charge in [0.15, 0.2) is 0 Å². The van der Waals surface area contributed by atoms with Gasteiger partial charge in [-0.2, -0.15) is 0 Å². The molecule has 2 heteroatoms. The Balaban J connectivity index is 2.19. The van der Waals surface area contributed by atoms with Crippen LogP contribution in [-0.2, 0) is 9.59 Å². The van der Waals surface area contributed by atoms with Crippen molar-refractivity contribution in [3.05, 3.63) is 0 Å². The summed E-state index contributed by atoms with van der Waals surface area (Å²) in [5, 5.41) is 0. The van der Waals surface area contributed by atoms with Crippen LogP contribution in [0.25, 0.3) is 0 Å². The predicted molar refractivity (Wildman–Crippen MR) is 49.3 cm³/mol. The normalized spacial score (nSPS) is 42.2. The number of Topliss-reactive ketones (excluding diaryl/α,β-unsaturated/α-hetero) is 1. The molecule has 0 heterocycles. The molecule has 0 atom stereocenters. The number of rotatable bonds is 3. The molecule has 13 heavy (non-hydrogen) atoms. The van der Waals surface area contributed by atoms with Crippen molar-refractivity contribution >= 4 is 12.1 Å². The molecule has 2 rings (SSSR count). The molecule has 0 N–H and O–H groups in total. The third-order valence-corrected chi connectivity index (χ3v) is 4.24. The zero-order chi connectivity index (χ0) is 9.53. The van der Waals surface area contributed by atoms with Crippen LogP contribution in [0, 0.1) is 10.8 Å². The minimum atomic E-state index is -0.0248. The van der Waals surface area contributed by atoms with E-state index < -0.39 is 0 Å². The molecule has 0 aliphatic heterocycles. The number of carbonyl (C=O) groups is 2. The van der Waals surface area contributed by atoms with E-state index in [2.05, 4.69) is 0 Å². The van der Waals surface area contributed by atoms with Gasteiger partial charge in [-0.15, -0.1) is 0 Å². The number of hydrogen-bond donors (Lipinski definition) is 0. The quantitative estimate of drug-likeness (QED) is 0.623. The first kappa shape index (κ1) is 8.92. The molecule has 72 valence electrons. The Morgan fingerprint density at radius 2 is 1.92 bits per heavy atom. The summed E-state index contributed by atoms with van der Waals surface area (Å²) in [6.45, 7) is 1.71. The van der Waals surface area contributed by atoms with Crippen LogP contribution in [0.1, 0.15) is 45.4 Å². The number of fused-ring (bicyclic) bond motifs is 2. The van der Waals surface area contributed by atoms with E-state index in [1.807, 2.05) is 0 Å². The van der Waals surface area contributed by atoms with Crippen molar-refractivity contribution in [3.8, 4) is 0 Å². The molecular formula is C11H16O2. The fourth-order valence-electron chi connectivity index (χ4n) is 3.26. The fourth-order valence-corrected chi connectivity index (χ4v) is 3.26. The van der Waals surface area contributed by atoms with E-state index in [9.17, 15) is 9.59 Å². The molecule has 0 aromatic rings. The highest BCUT2D eigenvalue weighted by Crippen LogP contribution is 2.62. The highest BCUT2D eigenvalue weighted by atomic mass is 16.1. The Hall–Kier alpha value is -0.660. The lowest BCUT2D eigenvalue weighted by atomic mass is 9.79. The minimum Gasteiger partial charge on any atom is -0.303 e. The van der Waals surface area contributed by atoms with E-state index >= 15 is 0 Å². The molecule has 0 unspecified atom stereocenters. The molecule has 0 aromatic carbocycles. The van der Waals surface area contributed by atoms with Crippen molar-refractivity contribution in [2.75, 3.05) is 0 Å². The molecule has 2 aliphatic rings. The Labute approximate surface area is 78.7 Å². The third kappa shape index (κ3) is 1.15. The number of carbonyl (C=O) groups excluding carboxylic acids is 2. The van der Waals surface area contributed by atoms with Gasteiger partial charge in [-0.25, -0.2) is 0 Å². The van der Waals surface area contributed by atoms with Gasteiger partial charge in [-0.3, -0.25) is 4.79 Å². The van der Waals surface area contributed by atoms with Gasteiger partial charge in [-0.05, 0) is 44.4 Å². The van der Waals surface area contributed by atoms with Gasteiger partial charge < -0.3 is 4.79 Å². The van der Waals surface area contributed by atoms with E-state index in [-0.39, 0.29) is 10.8 Å². The summed E-state index contributed by atoms with van der Waals surface area (Å²) in [7, 11) is 0. The van der Waals surface area contributed by atoms with Gasteiger partial charge in [0, 0.05) is 11.8 Å². The first-order valence-electron chi connectivity index (χ1n) is 5.07. The number of aldehydes is 1. The Bertz CT molecular complexity index is 247. The van der Waals surface area contributed by atoms with Crippen LogP contribution in [-0.4, -0.2) is 12.1 Å². The van der Waals surface area contributed by atoms with Crippen LogP contribution in [0.5, 0.6) is 0 Å². The lowest BCUT2D eigenvalue weighted by Gasteiger charge is -2.24. The lowest BCUT2D eigenvalue weighted by molar-refractivity contribution is -0.126. The first-order valence-corrected chi connectivity index (χ1v) is 5.07. The smallest absolute Gasteiger partial charge is 0.135 e. The molecule has 2 nitrogen and oxygen atoms in total. The highest BCUT2D eigenvalue weighted by molar-refractivity contribution is 5.83. The van der Waals surface area contributed by atoms with E-state index in [0.717, 1.165) is 38.4 Å². The van der Waals surface area contributed by atoms with E-state index in [4.69, 9.17) is 0 Å². The highest BCUT2D eigenvalue weighted by Gasteiger charge is 2.55. The topological polar surface area (TPSA) is 34.1 Å². The monoisotopic (exact) mass is 180 g/mol. The van der Waals surface area contributed by atoms with Crippen LogP contribution in [0.3, 0.4) is 0 Å². The van der Waals surface area contributed by atoms with Gasteiger partial charge in [0.1, 0.15) is 12.1 Å². The summed E-state index contributed by atoms with van der Waals surface area (Å²) < 4.78 is 0. The van der Waals surface area contributed by atoms with Gasteiger partial charge in [0.05, 0.1) is 0 Å². The van der Waals surface area contributed by atoms with Gasteiger partial charge >= 0.3 is 0 Å². The van der Waals surface area contributed by atoms with Crippen LogP contribution >= 0.6 is 0 Å². The van der Waals surface area contributed by atoms with Crippen molar-refractivity contribution in [2.24, 2.45) is 10.8 Å². The largest absolute Gasteiger partial charge is 0.303 e. The molecule has 2 saturated carbocycles. The standard InChI is InChI=1S/C11H16O2/c1-9(13)11-4-2-10(8-11,3-5-11)6-7-12/h7H,2-6,8H2,1H3. The van der Waals surface area contributed by atoms with Crippen LogP contribution in [0.15, 0.2) is 0 Å². The maximum atomic E-state index is 11.5. The summed E-state index contributed by atoms with van der Waals surface area (Å²) in [6.07, 6.45) is 6.90. The lowest BCUT2D eigenvalue weighted by Crippen LogP contribution is -2.23. The first-order chi connectivity index (χ1) is 6.13. The number of ketones is 1. The van der Waals surface area contributed by atoms with Crippen molar-refractivity contribution < 1.29 is 9.59 Å². The molecule has 2 fully saturated rings. The molecular weight excluding hydrogens is 164 g/mol. The zero-order valence-electron chi connectivity index (χ0n) is 8.14. The van der Waals surface area contributed by atoms with Gasteiger partial charge in [0.2, 0.25) is 0 Å². The SMILES string of the molecule is CC(=O)C12CCC(CC=O)(CC1)C2. The second kappa shape index (κ2) is 2.66. The Morgan fingerprint density at radius 1 is 1.31 bits per heavy atom. The molecule has 0 amide bonds. The van der Waals surface area contributed by atoms with E-state index in [1.54, 1.807) is 6.92 Å².